The van der Waals surface area contributed by atoms with Gasteiger partial charge in [0, 0.05) is 31.2 Å². The van der Waals surface area contributed by atoms with E-state index in [2.05, 4.69) is 0 Å². The number of carbonyl (C=O) groups is 1. The Labute approximate surface area is 182 Å². The van der Waals surface area contributed by atoms with Gasteiger partial charge in [0.2, 0.25) is 0 Å². The fourth-order valence-electron chi connectivity index (χ4n) is 3.11. The summed E-state index contributed by atoms with van der Waals surface area (Å²) in [6.45, 7) is 2.47. The van der Waals surface area contributed by atoms with Crippen molar-refractivity contribution in [2.24, 2.45) is 0 Å². The van der Waals surface area contributed by atoms with Gasteiger partial charge < -0.3 is 4.90 Å². The number of benzene rings is 3. The summed E-state index contributed by atoms with van der Waals surface area (Å²) < 4.78 is 27.0. The highest BCUT2D eigenvalue weighted by Crippen LogP contribution is 2.24. The lowest BCUT2D eigenvalue weighted by atomic mass is 10.1. The van der Waals surface area contributed by atoms with Gasteiger partial charge in [0.25, 0.3) is 15.9 Å². The lowest BCUT2D eigenvalue weighted by Gasteiger charge is -2.22. The van der Waals surface area contributed by atoms with E-state index in [1.54, 1.807) is 36.2 Å². The van der Waals surface area contributed by atoms with E-state index in [1.807, 2.05) is 31.2 Å². The van der Waals surface area contributed by atoms with Crippen LogP contribution in [0.25, 0.3) is 0 Å². The van der Waals surface area contributed by atoms with Gasteiger partial charge in [-0.1, -0.05) is 47.5 Å². The molecule has 0 radical (unpaired) electrons. The number of hydrogen-bond donors (Lipinski definition) is 0. The van der Waals surface area contributed by atoms with Crippen molar-refractivity contribution < 1.29 is 13.2 Å². The maximum absolute atomic E-state index is 12.9. The smallest absolute Gasteiger partial charge is 0.264 e. The molecule has 156 valence electrons. The Morgan fingerprint density at radius 1 is 0.933 bits per heavy atom. The Morgan fingerprint density at radius 3 is 2.27 bits per heavy atom. The van der Waals surface area contributed by atoms with Crippen molar-refractivity contribution >= 4 is 33.2 Å². The van der Waals surface area contributed by atoms with Crippen LogP contribution in [-0.2, 0) is 16.6 Å². The fraction of sp³-hybridized carbons (Fsp3) is 0.174. The monoisotopic (exact) mass is 442 g/mol. The molecule has 0 aliphatic carbocycles. The number of carbonyl (C=O) groups excluding carboxylic acids is 1. The van der Waals surface area contributed by atoms with Crippen LogP contribution in [0.2, 0.25) is 5.02 Å². The van der Waals surface area contributed by atoms with Gasteiger partial charge in [-0.05, 0) is 55.0 Å². The standard InChI is InChI=1S/C23H23ClN2O3S/c1-17-6-4-7-18(14-17)16-25(2)23(27)19-8-5-9-21(15-19)26(3)30(28,29)22-12-10-20(24)11-13-22/h4-15H,16H2,1-3H3. The second-order valence-electron chi connectivity index (χ2n) is 7.13. The lowest BCUT2D eigenvalue weighted by Crippen LogP contribution is -2.28. The van der Waals surface area contributed by atoms with Gasteiger partial charge in [0.05, 0.1) is 10.6 Å². The molecule has 0 bridgehead atoms. The molecule has 0 fully saturated rings. The third kappa shape index (κ3) is 4.83. The number of aryl methyl sites for hydroxylation is 1. The molecule has 3 rings (SSSR count). The second-order valence-corrected chi connectivity index (χ2v) is 9.53. The van der Waals surface area contributed by atoms with Crippen LogP contribution < -0.4 is 4.31 Å². The van der Waals surface area contributed by atoms with E-state index >= 15 is 0 Å². The van der Waals surface area contributed by atoms with Gasteiger partial charge >= 0.3 is 0 Å². The minimum absolute atomic E-state index is 0.127. The molecule has 0 aromatic heterocycles. The molecule has 0 saturated heterocycles. The first-order valence-electron chi connectivity index (χ1n) is 9.34. The van der Waals surface area contributed by atoms with E-state index in [0.717, 1.165) is 15.4 Å². The van der Waals surface area contributed by atoms with Crippen LogP contribution in [0, 0.1) is 6.92 Å². The summed E-state index contributed by atoms with van der Waals surface area (Å²) in [4.78, 5) is 14.6. The molecule has 0 aliphatic heterocycles. The summed E-state index contributed by atoms with van der Waals surface area (Å²) in [6, 6.07) is 20.5. The van der Waals surface area contributed by atoms with E-state index in [-0.39, 0.29) is 10.8 Å². The summed E-state index contributed by atoms with van der Waals surface area (Å²) in [7, 11) is -0.585. The Bertz CT molecular complexity index is 1160. The van der Waals surface area contributed by atoms with E-state index < -0.39 is 10.0 Å². The molecule has 0 N–H and O–H groups in total. The number of halogens is 1. The quantitative estimate of drug-likeness (QED) is 0.553. The van der Waals surface area contributed by atoms with E-state index in [0.29, 0.717) is 22.8 Å². The predicted molar refractivity (Wildman–Crippen MR) is 120 cm³/mol. The lowest BCUT2D eigenvalue weighted by molar-refractivity contribution is 0.0785. The van der Waals surface area contributed by atoms with Gasteiger partial charge in [0.1, 0.15) is 0 Å². The van der Waals surface area contributed by atoms with Crippen molar-refractivity contribution in [2.45, 2.75) is 18.4 Å². The van der Waals surface area contributed by atoms with Crippen molar-refractivity contribution in [2.75, 3.05) is 18.4 Å². The van der Waals surface area contributed by atoms with Crippen LogP contribution in [0.1, 0.15) is 21.5 Å². The number of nitrogens with zero attached hydrogens (tertiary/aromatic N) is 2. The molecule has 0 spiro atoms. The van der Waals surface area contributed by atoms with Gasteiger partial charge in [-0.15, -0.1) is 0 Å². The normalized spacial score (nSPS) is 11.2. The molecule has 0 atom stereocenters. The average molecular weight is 443 g/mol. The van der Waals surface area contributed by atoms with Crippen LogP contribution in [0.4, 0.5) is 5.69 Å². The van der Waals surface area contributed by atoms with Gasteiger partial charge in [-0.2, -0.15) is 0 Å². The fourth-order valence-corrected chi connectivity index (χ4v) is 4.43. The van der Waals surface area contributed by atoms with Crippen LogP contribution in [-0.4, -0.2) is 33.3 Å². The first-order valence-corrected chi connectivity index (χ1v) is 11.2. The summed E-state index contributed by atoms with van der Waals surface area (Å²) in [5.74, 6) is -0.185. The number of sulfonamides is 1. The van der Waals surface area contributed by atoms with Gasteiger partial charge in [-0.3, -0.25) is 9.10 Å². The van der Waals surface area contributed by atoms with E-state index in [4.69, 9.17) is 11.6 Å². The zero-order chi connectivity index (χ0) is 21.9. The summed E-state index contributed by atoms with van der Waals surface area (Å²) >= 11 is 5.86. The highest BCUT2D eigenvalue weighted by Gasteiger charge is 2.22. The summed E-state index contributed by atoms with van der Waals surface area (Å²) in [6.07, 6.45) is 0. The first kappa shape index (κ1) is 21.9. The Morgan fingerprint density at radius 2 is 1.60 bits per heavy atom. The maximum Gasteiger partial charge on any atom is 0.264 e. The molecular weight excluding hydrogens is 420 g/mol. The Hall–Kier alpha value is -2.83. The van der Waals surface area contributed by atoms with Crippen molar-refractivity contribution in [3.8, 4) is 0 Å². The highest BCUT2D eigenvalue weighted by molar-refractivity contribution is 7.92. The molecule has 3 aromatic rings. The zero-order valence-corrected chi connectivity index (χ0v) is 18.6. The van der Waals surface area contributed by atoms with E-state index in [9.17, 15) is 13.2 Å². The van der Waals surface area contributed by atoms with Crippen molar-refractivity contribution in [1.29, 1.82) is 0 Å². The third-order valence-corrected chi connectivity index (χ3v) is 6.83. The third-order valence-electron chi connectivity index (χ3n) is 4.78. The van der Waals surface area contributed by atoms with Gasteiger partial charge in [-0.25, -0.2) is 8.42 Å². The molecule has 0 unspecified atom stereocenters. The number of anilines is 1. The van der Waals surface area contributed by atoms with Crippen molar-refractivity contribution in [3.05, 3.63) is 94.5 Å². The minimum Gasteiger partial charge on any atom is -0.337 e. The summed E-state index contributed by atoms with van der Waals surface area (Å²) in [5.41, 5.74) is 2.98. The number of hydrogen-bond acceptors (Lipinski definition) is 3. The molecule has 1 amide bonds. The minimum atomic E-state index is -3.78. The zero-order valence-electron chi connectivity index (χ0n) is 17.0. The second kappa shape index (κ2) is 8.90. The Balaban J connectivity index is 1.82. The van der Waals surface area contributed by atoms with Crippen LogP contribution in [0.5, 0.6) is 0 Å². The Kier molecular flexibility index (Phi) is 6.48. The van der Waals surface area contributed by atoms with Crippen LogP contribution in [0.15, 0.2) is 77.7 Å². The van der Waals surface area contributed by atoms with Crippen molar-refractivity contribution in [3.63, 3.8) is 0 Å². The van der Waals surface area contributed by atoms with Gasteiger partial charge in [0.15, 0.2) is 0 Å². The summed E-state index contributed by atoms with van der Waals surface area (Å²) in [5, 5.41) is 0.459. The average Bonchev–Trinajstić information content (AvgIpc) is 2.73. The first-order chi connectivity index (χ1) is 14.2. The van der Waals surface area contributed by atoms with E-state index in [1.165, 1.54) is 31.3 Å². The highest BCUT2D eigenvalue weighted by atomic mass is 35.5. The predicted octanol–water partition coefficient (Wildman–Crippen LogP) is 4.75. The van der Waals surface area contributed by atoms with Crippen molar-refractivity contribution in [1.82, 2.24) is 4.90 Å². The molecular formula is C23H23ClN2O3S. The molecule has 7 heteroatoms. The SMILES string of the molecule is Cc1cccc(CN(C)C(=O)c2cccc(N(C)S(=O)(=O)c3ccc(Cl)cc3)c2)c1. The molecule has 5 nitrogen and oxygen atoms in total. The molecule has 0 heterocycles. The molecule has 0 saturated carbocycles. The topological polar surface area (TPSA) is 57.7 Å². The molecule has 3 aromatic carbocycles. The van der Waals surface area contributed by atoms with Crippen LogP contribution in [0.3, 0.4) is 0 Å². The molecule has 30 heavy (non-hydrogen) atoms. The molecule has 0 aliphatic rings. The number of amides is 1. The number of rotatable bonds is 6. The maximum atomic E-state index is 12.9. The van der Waals surface area contributed by atoms with Crippen LogP contribution >= 0.6 is 11.6 Å². The largest absolute Gasteiger partial charge is 0.337 e.